The molecule has 1 aliphatic heterocycles. The second kappa shape index (κ2) is 9.36. The molecular formula is C20H30N2OS. The van der Waals surface area contributed by atoms with Gasteiger partial charge in [0.2, 0.25) is 0 Å². The van der Waals surface area contributed by atoms with E-state index >= 15 is 0 Å². The van der Waals surface area contributed by atoms with Crippen molar-refractivity contribution in [2.24, 2.45) is 0 Å². The Kier molecular flexibility index (Phi) is 6.88. The SMILES string of the molecule is O=C(NCCSC1CCCCC1)c1ccc(N2CCCCC2)cc1. The Labute approximate surface area is 150 Å². The van der Waals surface area contributed by atoms with Gasteiger partial charge in [-0.3, -0.25) is 4.79 Å². The Morgan fingerprint density at radius 2 is 1.67 bits per heavy atom. The van der Waals surface area contributed by atoms with Gasteiger partial charge in [-0.2, -0.15) is 11.8 Å². The molecule has 4 heteroatoms. The van der Waals surface area contributed by atoms with Crippen LogP contribution in [-0.2, 0) is 0 Å². The van der Waals surface area contributed by atoms with Crippen LogP contribution in [-0.4, -0.2) is 36.5 Å². The van der Waals surface area contributed by atoms with Crippen molar-refractivity contribution >= 4 is 23.4 Å². The van der Waals surface area contributed by atoms with Crippen molar-refractivity contribution in [1.82, 2.24) is 5.32 Å². The van der Waals surface area contributed by atoms with Crippen molar-refractivity contribution in [3.63, 3.8) is 0 Å². The lowest BCUT2D eigenvalue weighted by atomic mass is 10.0. The Morgan fingerprint density at radius 1 is 1.00 bits per heavy atom. The largest absolute Gasteiger partial charge is 0.372 e. The summed E-state index contributed by atoms with van der Waals surface area (Å²) in [5.41, 5.74) is 2.03. The maximum absolute atomic E-state index is 12.2. The highest BCUT2D eigenvalue weighted by Crippen LogP contribution is 2.27. The Hall–Kier alpha value is -1.16. The summed E-state index contributed by atoms with van der Waals surface area (Å²) in [6.07, 6.45) is 10.8. The molecule has 1 saturated heterocycles. The third kappa shape index (κ3) is 5.17. The van der Waals surface area contributed by atoms with Gasteiger partial charge in [0.25, 0.3) is 5.91 Å². The topological polar surface area (TPSA) is 32.3 Å². The minimum atomic E-state index is 0.0597. The predicted molar refractivity (Wildman–Crippen MR) is 104 cm³/mol. The molecule has 0 unspecified atom stereocenters. The van der Waals surface area contributed by atoms with Crippen LogP contribution in [0.5, 0.6) is 0 Å². The number of anilines is 1. The molecular weight excluding hydrogens is 316 g/mol. The first kappa shape index (κ1) is 17.7. The van der Waals surface area contributed by atoms with Crippen LogP contribution in [0.2, 0.25) is 0 Å². The summed E-state index contributed by atoms with van der Waals surface area (Å²) in [5.74, 6) is 1.09. The highest BCUT2D eigenvalue weighted by Gasteiger charge is 2.14. The van der Waals surface area contributed by atoms with E-state index in [0.29, 0.717) is 0 Å². The highest BCUT2D eigenvalue weighted by atomic mass is 32.2. The molecule has 1 saturated carbocycles. The van der Waals surface area contributed by atoms with Crippen LogP contribution in [0.4, 0.5) is 5.69 Å². The molecule has 0 atom stereocenters. The molecule has 2 aliphatic rings. The normalized spacial score (nSPS) is 19.2. The number of nitrogens with one attached hydrogen (secondary N) is 1. The molecule has 1 aliphatic carbocycles. The van der Waals surface area contributed by atoms with E-state index in [2.05, 4.69) is 22.3 Å². The molecule has 0 radical (unpaired) electrons. The van der Waals surface area contributed by atoms with Gasteiger partial charge in [-0.05, 0) is 56.4 Å². The Balaban J connectivity index is 1.39. The van der Waals surface area contributed by atoms with Crippen molar-refractivity contribution in [3.8, 4) is 0 Å². The summed E-state index contributed by atoms with van der Waals surface area (Å²) in [7, 11) is 0. The third-order valence-corrected chi connectivity index (χ3v) is 6.53. The van der Waals surface area contributed by atoms with Crippen molar-refractivity contribution in [3.05, 3.63) is 29.8 Å². The summed E-state index contributed by atoms with van der Waals surface area (Å²) >= 11 is 2.03. The molecule has 0 bridgehead atoms. The Morgan fingerprint density at radius 3 is 2.38 bits per heavy atom. The fourth-order valence-corrected chi connectivity index (χ4v) is 4.92. The average Bonchev–Trinajstić information content (AvgIpc) is 2.67. The quantitative estimate of drug-likeness (QED) is 0.771. The van der Waals surface area contributed by atoms with Gasteiger partial charge in [-0.15, -0.1) is 0 Å². The molecule has 24 heavy (non-hydrogen) atoms. The molecule has 2 fully saturated rings. The molecule has 3 nitrogen and oxygen atoms in total. The molecule has 1 N–H and O–H groups in total. The van der Waals surface area contributed by atoms with Crippen molar-refractivity contribution in [2.45, 2.75) is 56.6 Å². The number of hydrogen-bond acceptors (Lipinski definition) is 3. The van der Waals surface area contributed by atoms with Gasteiger partial charge in [0.05, 0.1) is 0 Å². The second-order valence-corrected chi connectivity index (χ2v) is 8.39. The fourth-order valence-electron chi connectivity index (χ4n) is 3.70. The molecule has 3 rings (SSSR count). The molecule has 1 aromatic rings. The second-order valence-electron chi connectivity index (χ2n) is 6.98. The lowest BCUT2D eigenvalue weighted by Gasteiger charge is -2.28. The summed E-state index contributed by atoms with van der Waals surface area (Å²) < 4.78 is 0. The molecule has 0 aromatic heterocycles. The molecule has 1 amide bonds. The smallest absolute Gasteiger partial charge is 0.251 e. The van der Waals surface area contributed by atoms with Crippen LogP contribution < -0.4 is 10.2 Å². The fraction of sp³-hybridized carbons (Fsp3) is 0.650. The minimum absolute atomic E-state index is 0.0597. The van der Waals surface area contributed by atoms with Gasteiger partial charge in [-0.25, -0.2) is 0 Å². The van der Waals surface area contributed by atoms with Crippen LogP contribution >= 0.6 is 11.8 Å². The van der Waals surface area contributed by atoms with Gasteiger partial charge in [0.1, 0.15) is 0 Å². The first-order chi connectivity index (χ1) is 11.8. The zero-order valence-electron chi connectivity index (χ0n) is 14.6. The lowest BCUT2D eigenvalue weighted by molar-refractivity contribution is 0.0956. The number of thioether (sulfide) groups is 1. The highest BCUT2D eigenvalue weighted by molar-refractivity contribution is 7.99. The first-order valence-electron chi connectivity index (χ1n) is 9.58. The monoisotopic (exact) mass is 346 g/mol. The standard InChI is InChI=1S/C20H30N2OS/c23-20(21-13-16-24-19-7-3-1-4-8-19)17-9-11-18(12-10-17)22-14-5-2-6-15-22/h9-12,19H,1-8,13-16H2,(H,21,23). The molecule has 0 spiro atoms. The summed E-state index contributed by atoms with van der Waals surface area (Å²) in [6.45, 7) is 3.06. The van der Waals surface area contributed by atoms with E-state index in [1.54, 1.807) is 0 Å². The zero-order chi connectivity index (χ0) is 16.6. The number of nitrogens with zero attached hydrogens (tertiary/aromatic N) is 1. The van der Waals surface area contributed by atoms with Crippen molar-refractivity contribution < 1.29 is 4.79 Å². The van der Waals surface area contributed by atoms with Crippen molar-refractivity contribution in [1.29, 1.82) is 0 Å². The summed E-state index contributed by atoms with van der Waals surface area (Å²) in [6, 6.07) is 8.12. The number of rotatable bonds is 6. The number of hydrogen-bond donors (Lipinski definition) is 1. The van der Waals surface area contributed by atoms with Crippen LogP contribution in [0.25, 0.3) is 0 Å². The average molecular weight is 347 g/mol. The van der Waals surface area contributed by atoms with Gasteiger partial charge < -0.3 is 10.2 Å². The molecule has 132 valence electrons. The summed E-state index contributed by atoms with van der Waals surface area (Å²) in [5, 5.41) is 3.88. The third-order valence-electron chi connectivity index (χ3n) is 5.14. The number of carbonyl (C=O) groups excluding carboxylic acids is 1. The minimum Gasteiger partial charge on any atom is -0.372 e. The maximum Gasteiger partial charge on any atom is 0.251 e. The number of amides is 1. The van der Waals surface area contributed by atoms with Crippen LogP contribution in [0, 0.1) is 0 Å². The van der Waals surface area contributed by atoms with Crippen LogP contribution in [0.1, 0.15) is 61.7 Å². The van der Waals surface area contributed by atoms with E-state index in [0.717, 1.165) is 36.2 Å². The molecule has 1 aromatic carbocycles. The first-order valence-corrected chi connectivity index (χ1v) is 10.6. The van der Waals surface area contributed by atoms with Gasteiger partial charge in [-0.1, -0.05) is 19.3 Å². The van der Waals surface area contributed by atoms with Crippen molar-refractivity contribution in [2.75, 3.05) is 30.3 Å². The lowest BCUT2D eigenvalue weighted by Crippen LogP contribution is -2.29. The maximum atomic E-state index is 12.2. The van der Waals surface area contributed by atoms with E-state index in [9.17, 15) is 4.79 Å². The van der Waals surface area contributed by atoms with Gasteiger partial charge in [0.15, 0.2) is 0 Å². The van der Waals surface area contributed by atoms with Gasteiger partial charge in [0, 0.05) is 41.9 Å². The van der Waals surface area contributed by atoms with E-state index in [1.165, 1.54) is 57.1 Å². The Bertz CT molecular complexity index is 505. The van der Waals surface area contributed by atoms with Crippen LogP contribution in [0.3, 0.4) is 0 Å². The number of benzene rings is 1. The summed E-state index contributed by atoms with van der Waals surface area (Å²) in [4.78, 5) is 14.7. The van der Waals surface area contributed by atoms with E-state index in [1.807, 2.05) is 23.9 Å². The predicted octanol–water partition coefficient (Wildman–Crippen LogP) is 4.47. The number of piperidine rings is 1. The van der Waals surface area contributed by atoms with E-state index < -0.39 is 0 Å². The zero-order valence-corrected chi connectivity index (χ0v) is 15.5. The van der Waals surface area contributed by atoms with Crippen LogP contribution in [0.15, 0.2) is 24.3 Å². The number of carbonyl (C=O) groups is 1. The van der Waals surface area contributed by atoms with Gasteiger partial charge >= 0.3 is 0 Å². The van der Waals surface area contributed by atoms with E-state index in [4.69, 9.17) is 0 Å². The van der Waals surface area contributed by atoms with E-state index in [-0.39, 0.29) is 5.91 Å². The molecule has 1 heterocycles.